The molecule has 14 heteroatoms. The fraction of sp³-hybridized carbons (Fsp3) is 0.575. The molecular formula is C40H53FN6O6Si. The number of nitrogen functional groups attached to an aromatic ring is 1. The van der Waals surface area contributed by atoms with Crippen molar-refractivity contribution in [3.8, 4) is 0 Å². The second-order valence-corrected chi connectivity index (χ2v) is 20.4. The van der Waals surface area contributed by atoms with Crippen LogP contribution in [0.3, 0.4) is 0 Å². The van der Waals surface area contributed by atoms with Gasteiger partial charge in [0.05, 0.1) is 19.5 Å². The van der Waals surface area contributed by atoms with Gasteiger partial charge in [0.15, 0.2) is 30.3 Å². The number of halogens is 1. The second-order valence-electron chi connectivity index (χ2n) is 16.1. The number of nitrogens with zero attached hydrogens (tertiary/aromatic N) is 4. The number of anilines is 2. The van der Waals surface area contributed by atoms with Crippen molar-refractivity contribution in [1.82, 2.24) is 19.5 Å². The van der Waals surface area contributed by atoms with Gasteiger partial charge in [-0.15, -0.1) is 0 Å². The maximum atomic E-state index is 18.7. The highest BCUT2D eigenvalue weighted by molar-refractivity contribution is 6.99. The van der Waals surface area contributed by atoms with Gasteiger partial charge in [-0.25, -0.2) is 9.37 Å². The maximum Gasteiger partial charge on any atom is 0.261 e. The molecule has 1 aliphatic carbocycles. The third kappa shape index (κ3) is 7.41. The lowest BCUT2D eigenvalue weighted by molar-refractivity contribution is -0.237. The summed E-state index contributed by atoms with van der Waals surface area (Å²) in [5.74, 6) is 0.569. The van der Waals surface area contributed by atoms with E-state index in [1.165, 1.54) is 6.33 Å². The highest BCUT2D eigenvalue weighted by atomic mass is 28.4. The van der Waals surface area contributed by atoms with Gasteiger partial charge in [-0.1, -0.05) is 81.4 Å². The second kappa shape index (κ2) is 15.6. The third-order valence-electron chi connectivity index (χ3n) is 11.1. The average molecular weight is 761 g/mol. The molecule has 1 saturated carbocycles. The van der Waals surface area contributed by atoms with Crippen molar-refractivity contribution >= 4 is 41.6 Å². The van der Waals surface area contributed by atoms with Crippen LogP contribution in [-0.2, 0) is 28.1 Å². The van der Waals surface area contributed by atoms with Crippen LogP contribution in [0, 0.1) is 0 Å². The van der Waals surface area contributed by atoms with Gasteiger partial charge in [0.1, 0.15) is 17.7 Å². The highest BCUT2D eigenvalue weighted by Gasteiger charge is 2.62. The molecule has 290 valence electrons. The maximum absolute atomic E-state index is 18.7. The van der Waals surface area contributed by atoms with Crippen LogP contribution in [0.15, 0.2) is 67.0 Å². The van der Waals surface area contributed by atoms with Crippen molar-refractivity contribution < 1.29 is 32.5 Å². The molecule has 0 bridgehead atoms. The van der Waals surface area contributed by atoms with Crippen LogP contribution in [0.2, 0.25) is 5.04 Å². The fourth-order valence-electron chi connectivity index (χ4n) is 8.18. The first-order valence-electron chi connectivity index (χ1n) is 19.5. The molecule has 54 heavy (non-hydrogen) atoms. The zero-order valence-electron chi connectivity index (χ0n) is 31.5. The van der Waals surface area contributed by atoms with Gasteiger partial charge in [0.25, 0.3) is 8.32 Å². The monoisotopic (exact) mass is 760 g/mol. The van der Waals surface area contributed by atoms with Crippen molar-refractivity contribution in [3.63, 3.8) is 0 Å². The minimum absolute atomic E-state index is 0.0466. The topological polar surface area (TPSA) is 137 Å². The van der Waals surface area contributed by atoms with E-state index in [0.29, 0.717) is 43.2 Å². The van der Waals surface area contributed by atoms with Gasteiger partial charge in [0.2, 0.25) is 11.6 Å². The van der Waals surface area contributed by atoms with Gasteiger partial charge >= 0.3 is 0 Å². The summed E-state index contributed by atoms with van der Waals surface area (Å²) in [4.78, 5) is 13.8. The normalized spacial score (nSPS) is 28.0. The van der Waals surface area contributed by atoms with Gasteiger partial charge < -0.3 is 39.2 Å². The molecule has 3 saturated heterocycles. The van der Waals surface area contributed by atoms with E-state index in [2.05, 4.69) is 60.3 Å². The van der Waals surface area contributed by atoms with Crippen molar-refractivity contribution in [2.24, 2.45) is 0 Å². The van der Waals surface area contributed by atoms with E-state index >= 15 is 4.39 Å². The molecule has 5 heterocycles. The number of aromatic nitrogens is 4. The number of nitrogens with two attached hydrogens (primary N) is 1. The molecule has 2 aromatic heterocycles. The van der Waals surface area contributed by atoms with Crippen LogP contribution in [0.1, 0.15) is 78.4 Å². The summed E-state index contributed by atoms with van der Waals surface area (Å²) in [5.41, 5.74) is 4.88. The Bertz CT molecular complexity index is 1810. The lowest BCUT2D eigenvalue weighted by Crippen LogP contribution is -2.67. The van der Waals surface area contributed by atoms with E-state index in [-0.39, 0.29) is 30.1 Å². The predicted octanol–water partition coefficient (Wildman–Crippen LogP) is 5.62. The van der Waals surface area contributed by atoms with Crippen LogP contribution >= 0.6 is 0 Å². The number of alkyl halides is 1. The highest BCUT2D eigenvalue weighted by Crippen LogP contribution is 2.47. The van der Waals surface area contributed by atoms with Gasteiger partial charge in [-0.05, 0) is 66.8 Å². The van der Waals surface area contributed by atoms with Crippen molar-refractivity contribution in [3.05, 3.63) is 67.0 Å². The quantitative estimate of drug-likeness (QED) is 0.164. The summed E-state index contributed by atoms with van der Waals surface area (Å²) in [7, 11) is -3.05. The Hall–Kier alpha value is -3.50. The summed E-state index contributed by atoms with van der Waals surface area (Å²) in [6.07, 6.45) is 4.15. The smallest absolute Gasteiger partial charge is 0.261 e. The van der Waals surface area contributed by atoms with E-state index in [0.717, 1.165) is 48.9 Å². The summed E-state index contributed by atoms with van der Waals surface area (Å²) in [6.45, 7) is 7.44. The fourth-order valence-corrected chi connectivity index (χ4v) is 12.7. The Morgan fingerprint density at radius 2 is 1.56 bits per heavy atom. The Morgan fingerprint density at radius 1 is 0.907 bits per heavy atom. The van der Waals surface area contributed by atoms with E-state index in [1.807, 2.05) is 36.4 Å². The molecular weight excluding hydrogens is 708 g/mol. The summed E-state index contributed by atoms with van der Waals surface area (Å²) >= 11 is 0. The van der Waals surface area contributed by atoms with Crippen LogP contribution in [0.25, 0.3) is 11.2 Å². The van der Waals surface area contributed by atoms with Crippen molar-refractivity contribution in [1.29, 1.82) is 0 Å². The predicted molar refractivity (Wildman–Crippen MR) is 206 cm³/mol. The molecule has 4 fully saturated rings. The first kappa shape index (κ1) is 37.4. The zero-order valence-corrected chi connectivity index (χ0v) is 32.5. The lowest BCUT2D eigenvalue weighted by atomic mass is 9.96. The minimum atomic E-state index is -3.05. The molecule has 12 nitrogen and oxygen atoms in total. The van der Waals surface area contributed by atoms with Crippen LogP contribution < -0.4 is 21.4 Å². The van der Waals surface area contributed by atoms with Crippen LogP contribution in [0.5, 0.6) is 0 Å². The third-order valence-corrected chi connectivity index (χ3v) is 16.1. The number of hydrogen-bond acceptors (Lipinski definition) is 11. The number of nitrogens with one attached hydrogen (secondary N) is 1. The number of ether oxygens (including phenoxy) is 5. The molecule has 0 radical (unpaired) electrons. The summed E-state index contributed by atoms with van der Waals surface area (Å²) < 4.78 is 59.6. The zero-order chi connectivity index (χ0) is 37.3. The van der Waals surface area contributed by atoms with Crippen LogP contribution in [-0.4, -0.2) is 90.8 Å². The minimum Gasteiger partial charge on any atom is -0.405 e. The standard InChI is InChI=1S/C40H53FN6O6Si/c1-39(2,3)54(28-14-6-4-7-15-28,29-16-8-5-9-17-29)51-24-30-34(53-32-19-11-13-23-49-32)40(41,25-50-31-18-10-12-22-48-31)37(52-30)47-26-43-33-35(42)45-38(46-36(33)47)44-27-20-21-27/h4-9,14-17,26-27,30-32,34,37H,10-13,18-25H2,1-3H3,(H3,42,44,45,46)/t30-,31?,32?,34-,37-,40-/m1/s1. The average Bonchev–Trinajstić information content (AvgIpc) is 3.83. The Balaban J connectivity index is 1.21. The molecule has 3 aliphatic heterocycles. The van der Waals surface area contributed by atoms with Gasteiger partial charge in [-0.3, -0.25) is 4.57 Å². The van der Waals surface area contributed by atoms with E-state index < -0.39 is 45.0 Å². The number of rotatable bonds is 13. The first-order valence-corrected chi connectivity index (χ1v) is 21.4. The number of fused-ring (bicyclic) bond motifs is 1. The molecule has 0 spiro atoms. The summed E-state index contributed by atoms with van der Waals surface area (Å²) in [6, 6.07) is 21.0. The van der Waals surface area contributed by atoms with E-state index in [4.69, 9.17) is 38.8 Å². The molecule has 4 aromatic rings. The molecule has 3 N–H and O–H groups in total. The van der Waals surface area contributed by atoms with Gasteiger partial charge in [-0.2, -0.15) is 9.97 Å². The molecule has 8 rings (SSSR count). The Morgan fingerprint density at radius 3 is 2.15 bits per heavy atom. The SMILES string of the molecule is CC(C)(C)[Si](OC[C@H]1O[C@@H](n2cnc3c(N)nc(NC4CC4)nc32)[C@@](F)(COC2CCCCO2)[C@@H]1OC1CCCCO1)(c1ccccc1)c1ccccc1. The number of benzene rings is 2. The van der Waals surface area contributed by atoms with E-state index in [1.54, 1.807) is 4.57 Å². The van der Waals surface area contributed by atoms with Crippen molar-refractivity contribution in [2.45, 2.75) is 120 Å². The molecule has 0 amide bonds. The lowest BCUT2D eigenvalue weighted by Gasteiger charge is -2.44. The summed E-state index contributed by atoms with van der Waals surface area (Å²) in [5, 5.41) is 5.23. The van der Waals surface area contributed by atoms with Crippen LogP contribution in [0.4, 0.5) is 16.2 Å². The molecule has 2 aromatic carbocycles. The van der Waals surface area contributed by atoms with E-state index in [9.17, 15) is 0 Å². The molecule has 4 aliphatic rings. The Kier molecular flexibility index (Phi) is 10.8. The largest absolute Gasteiger partial charge is 0.405 e. The first-order chi connectivity index (χ1) is 26.2. The van der Waals surface area contributed by atoms with Crippen molar-refractivity contribution in [2.75, 3.05) is 37.5 Å². The molecule has 6 atom stereocenters. The Labute approximate surface area is 317 Å². The molecule has 2 unspecified atom stereocenters. The van der Waals surface area contributed by atoms with Gasteiger partial charge in [0, 0.05) is 19.3 Å². The number of hydrogen-bond donors (Lipinski definition) is 2. The number of imidazole rings is 1.